The Bertz CT molecular complexity index is 951. The van der Waals surface area contributed by atoms with Crippen LogP contribution < -0.4 is 14.8 Å². The summed E-state index contributed by atoms with van der Waals surface area (Å²) in [6.45, 7) is 0. The quantitative estimate of drug-likeness (QED) is 0.653. The van der Waals surface area contributed by atoms with Gasteiger partial charge >= 0.3 is 0 Å². The maximum absolute atomic E-state index is 12.6. The number of nitrogens with zero attached hydrogens (tertiary/aromatic N) is 3. The van der Waals surface area contributed by atoms with Gasteiger partial charge in [0.15, 0.2) is 11.5 Å². The molecule has 0 atom stereocenters. The largest absolute Gasteiger partial charge is 0.493 e. The number of hydrogen-bond acceptors (Lipinski definition) is 7. The van der Waals surface area contributed by atoms with Crippen molar-refractivity contribution in [2.24, 2.45) is 0 Å². The Kier molecular flexibility index (Phi) is 5.87. The van der Waals surface area contributed by atoms with Crippen LogP contribution in [0.25, 0.3) is 11.1 Å². The van der Waals surface area contributed by atoms with E-state index in [2.05, 4.69) is 20.3 Å². The predicted octanol–water partition coefficient (Wildman–Crippen LogP) is 3.53. The van der Waals surface area contributed by atoms with Gasteiger partial charge in [0, 0.05) is 24.2 Å². The van der Waals surface area contributed by atoms with Crippen LogP contribution in [0.3, 0.4) is 0 Å². The molecule has 0 unspecified atom stereocenters. The molecule has 0 spiro atoms. The lowest BCUT2D eigenvalue weighted by molar-refractivity contribution is 0.102. The summed E-state index contributed by atoms with van der Waals surface area (Å²) in [7, 11) is 3.17. The molecule has 3 rings (SSSR count). The summed E-state index contributed by atoms with van der Waals surface area (Å²) in [5, 5.41) is 3.70. The molecule has 0 saturated heterocycles. The van der Waals surface area contributed by atoms with Gasteiger partial charge in [0.05, 0.1) is 25.5 Å². The molecule has 0 saturated carbocycles. The van der Waals surface area contributed by atoms with E-state index in [4.69, 9.17) is 9.47 Å². The zero-order chi connectivity index (χ0) is 19.2. The molecule has 1 aromatic carbocycles. The van der Waals surface area contributed by atoms with E-state index < -0.39 is 0 Å². The molecule has 2 aromatic heterocycles. The molecule has 0 fully saturated rings. The van der Waals surface area contributed by atoms with Crippen LogP contribution in [0, 0.1) is 0 Å². The van der Waals surface area contributed by atoms with Gasteiger partial charge in [-0.2, -0.15) is 0 Å². The Morgan fingerprint density at radius 2 is 1.81 bits per heavy atom. The number of ether oxygens (including phenoxy) is 2. The molecule has 8 heteroatoms. The number of hydrogen-bond donors (Lipinski definition) is 1. The summed E-state index contributed by atoms with van der Waals surface area (Å²) < 4.78 is 10.7. The number of aromatic nitrogens is 3. The highest BCUT2D eigenvalue weighted by atomic mass is 32.2. The van der Waals surface area contributed by atoms with Crippen molar-refractivity contribution in [3.63, 3.8) is 0 Å². The lowest BCUT2D eigenvalue weighted by atomic mass is 10.0. The SMILES string of the molecule is COc1ccc(-c2c(NC(=O)c3cncnc3)ccnc2SC)cc1OC. The van der Waals surface area contributed by atoms with Crippen molar-refractivity contribution in [1.29, 1.82) is 0 Å². The lowest BCUT2D eigenvalue weighted by Gasteiger charge is -2.16. The average molecular weight is 382 g/mol. The summed E-state index contributed by atoms with van der Waals surface area (Å²) in [5.41, 5.74) is 2.66. The third kappa shape index (κ3) is 4.01. The molecule has 0 aliphatic rings. The smallest absolute Gasteiger partial charge is 0.258 e. The number of pyridine rings is 1. The third-order valence-electron chi connectivity index (χ3n) is 3.85. The second-order valence-electron chi connectivity index (χ2n) is 5.39. The summed E-state index contributed by atoms with van der Waals surface area (Å²) >= 11 is 1.49. The van der Waals surface area contributed by atoms with E-state index in [-0.39, 0.29) is 5.91 Å². The van der Waals surface area contributed by atoms with Crippen LogP contribution >= 0.6 is 11.8 Å². The first-order valence-electron chi connectivity index (χ1n) is 7.99. The predicted molar refractivity (Wildman–Crippen MR) is 105 cm³/mol. The molecular formula is C19H18N4O3S. The van der Waals surface area contributed by atoms with E-state index in [9.17, 15) is 4.79 Å². The number of carbonyl (C=O) groups excluding carboxylic acids is 1. The van der Waals surface area contributed by atoms with E-state index in [0.29, 0.717) is 22.7 Å². The van der Waals surface area contributed by atoms with Crippen molar-refractivity contribution in [3.8, 4) is 22.6 Å². The van der Waals surface area contributed by atoms with Crippen molar-refractivity contribution >= 4 is 23.4 Å². The molecule has 0 aliphatic heterocycles. The standard InChI is InChI=1S/C19H18N4O3S/c1-25-15-5-4-12(8-16(15)26-2)17-14(6-7-22-19(17)27-3)23-18(24)13-9-20-11-21-10-13/h4-11H,1-3H3,(H,22,23,24). The van der Waals surface area contributed by atoms with Gasteiger partial charge in [0.2, 0.25) is 0 Å². The fourth-order valence-corrected chi connectivity index (χ4v) is 3.18. The van der Waals surface area contributed by atoms with Gasteiger partial charge in [-0.05, 0) is 30.0 Å². The van der Waals surface area contributed by atoms with Gasteiger partial charge in [-0.15, -0.1) is 11.8 Å². The molecule has 27 heavy (non-hydrogen) atoms. The van der Waals surface area contributed by atoms with Gasteiger partial charge in [-0.1, -0.05) is 6.07 Å². The van der Waals surface area contributed by atoms with Crippen LogP contribution in [-0.4, -0.2) is 41.3 Å². The van der Waals surface area contributed by atoms with Gasteiger partial charge in [-0.3, -0.25) is 4.79 Å². The third-order valence-corrected chi connectivity index (χ3v) is 4.55. The lowest BCUT2D eigenvalue weighted by Crippen LogP contribution is -2.13. The van der Waals surface area contributed by atoms with Crippen LogP contribution in [0.1, 0.15) is 10.4 Å². The van der Waals surface area contributed by atoms with Crippen molar-refractivity contribution in [3.05, 3.63) is 54.7 Å². The average Bonchev–Trinajstić information content (AvgIpc) is 2.73. The molecule has 1 N–H and O–H groups in total. The van der Waals surface area contributed by atoms with Crippen LogP contribution in [0.2, 0.25) is 0 Å². The fourth-order valence-electron chi connectivity index (χ4n) is 2.58. The number of rotatable bonds is 6. The number of carbonyl (C=O) groups is 1. The van der Waals surface area contributed by atoms with Gasteiger partial charge < -0.3 is 14.8 Å². The summed E-state index contributed by atoms with van der Waals surface area (Å²) in [6, 6.07) is 7.34. The Labute approximate surface area is 161 Å². The molecule has 0 bridgehead atoms. The molecule has 3 aromatic rings. The van der Waals surface area contributed by atoms with Crippen molar-refractivity contribution in [1.82, 2.24) is 15.0 Å². The molecule has 1 amide bonds. The highest BCUT2D eigenvalue weighted by Crippen LogP contribution is 2.39. The van der Waals surface area contributed by atoms with Crippen molar-refractivity contribution < 1.29 is 14.3 Å². The number of methoxy groups -OCH3 is 2. The Hall–Kier alpha value is -3.13. The first-order chi connectivity index (χ1) is 13.2. The van der Waals surface area contributed by atoms with Crippen LogP contribution in [0.5, 0.6) is 11.5 Å². The number of anilines is 1. The van der Waals surface area contributed by atoms with Gasteiger partial charge in [0.1, 0.15) is 11.4 Å². The minimum Gasteiger partial charge on any atom is -0.493 e. The maximum atomic E-state index is 12.6. The topological polar surface area (TPSA) is 86.2 Å². The summed E-state index contributed by atoms with van der Waals surface area (Å²) in [6.07, 6.45) is 7.91. The first-order valence-corrected chi connectivity index (χ1v) is 9.22. The second-order valence-corrected chi connectivity index (χ2v) is 6.19. The monoisotopic (exact) mass is 382 g/mol. The minimum absolute atomic E-state index is 0.296. The molecule has 7 nitrogen and oxygen atoms in total. The normalized spacial score (nSPS) is 10.3. The Morgan fingerprint density at radius 1 is 1.07 bits per heavy atom. The molecule has 0 radical (unpaired) electrons. The molecule has 0 aliphatic carbocycles. The second kappa shape index (κ2) is 8.50. The van der Waals surface area contributed by atoms with E-state index >= 15 is 0 Å². The van der Waals surface area contributed by atoms with E-state index in [0.717, 1.165) is 16.2 Å². The van der Waals surface area contributed by atoms with Crippen molar-refractivity contribution in [2.75, 3.05) is 25.8 Å². The Morgan fingerprint density at radius 3 is 2.48 bits per heavy atom. The van der Waals surface area contributed by atoms with E-state index in [1.807, 2.05) is 24.5 Å². The van der Waals surface area contributed by atoms with E-state index in [1.165, 1.54) is 30.5 Å². The van der Waals surface area contributed by atoms with Crippen LogP contribution in [-0.2, 0) is 0 Å². The number of nitrogens with one attached hydrogen (secondary N) is 1. The molecular weight excluding hydrogens is 364 g/mol. The zero-order valence-electron chi connectivity index (χ0n) is 15.1. The molecule has 138 valence electrons. The van der Waals surface area contributed by atoms with Gasteiger partial charge in [0.25, 0.3) is 5.91 Å². The number of thioether (sulfide) groups is 1. The van der Waals surface area contributed by atoms with Gasteiger partial charge in [-0.25, -0.2) is 15.0 Å². The van der Waals surface area contributed by atoms with Crippen molar-refractivity contribution in [2.45, 2.75) is 5.03 Å². The number of benzene rings is 1. The zero-order valence-corrected chi connectivity index (χ0v) is 15.9. The Balaban J connectivity index is 2.06. The minimum atomic E-state index is -0.296. The summed E-state index contributed by atoms with van der Waals surface area (Å²) in [5.74, 6) is 0.929. The highest BCUT2D eigenvalue weighted by molar-refractivity contribution is 7.98. The summed E-state index contributed by atoms with van der Waals surface area (Å²) in [4.78, 5) is 24.8. The van der Waals surface area contributed by atoms with Crippen LogP contribution in [0.4, 0.5) is 5.69 Å². The molecule has 2 heterocycles. The number of amides is 1. The fraction of sp³-hybridized carbons (Fsp3) is 0.158. The first kappa shape index (κ1) is 18.7. The van der Waals surface area contributed by atoms with Crippen LogP contribution in [0.15, 0.2) is 54.2 Å². The highest BCUT2D eigenvalue weighted by Gasteiger charge is 2.17. The maximum Gasteiger partial charge on any atom is 0.258 e. The van der Waals surface area contributed by atoms with E-state index in [1.54, 1.807) is 26.5 Å².